The van der Waals surface area contributed by atoms with E-state index in [1.54, 1.807) is 12.1 Å². The fourth-order valence-corrected chi connectivity index (χ4v) is 1.63. The molecule has 0 fully saturated rings. The van der Waals surface area contributed by atoms with Gasteiger partial charge in [0.15, 0.2) is 0 Å². The maximum Gasteiger partial charge on any atom is 0.342 e. The van der Waals surface area contributed by atoms with Crippen LogP contribution in [0.1, 0.15) is 10.5 Å². The summed E-state index contributed by atoms with van der Waals surface area (Å²) >= 11 is 5.82. The predicted octanol–water partition coefficient (Wildman–Crippen LogP) is 0.372. The van der Waals surface area contributed by atoms with Crippen LogP contribution in [-0.4, -0.2) is 28.2 Å². The van der Waals surface area contributed by atoms with Gasteiger partial charge in [-0.25, -0.2) is 9.89 Å². The zero-order chi connectivity index (χ0) is 14.7. The number of rotatable bonds is 3. The number of methoxy groups -OCH3 is 1. The normalized spacial score (nSPS) is 10.1. The van der Waals surface area contributed by atoms with Gasteiger partial charge in [-0.2, -0.15) is 5.10 Å². The molecule has 0 aliphatic heterocycles. The molecule has 0 saturated carbocycles. The first-order valence-corrected chi connectivity index (χ1v) is 5.73. The number of anilines is 1. The summed E-state index contributed by atoms with van der Waals surface area (Å²) in [5.41, 5.74) is -1.90. The molecular weight excluding hydrogens is 288 g/mol. The zero-order valence-electron chi connectivity index (χ0n) is 10.2. The number of ether oxygens (including phenoxy) is 1. The molecule has 9 heteroatoms. The van der Waals surface area contributed by atoms with Crippen molar-refractivity contribution in [3.05, 3.63) is 49.8 Å². The number of hydrogen-bond acceptors (Lipinski definition) is 5. The molecule has 1 amide bonds. The van der Waals surface area contributed by atoms with Crippen LogP contribution < -0.4 is 21.3 Å². The van der Waals surface area contributed by atoms with Crippen LogP contribution in [0.3, 0.4) is 0 Å². The van der Waals surface area contributed by atoms with Gasteiger partial charge in [-0.3, -0.25) is 14.6 Å². The third-order valence-electron chi connectivity index (χ3n) is 2.34. The number of nitrogens with one attached hydrogen (secondary N) is 3. The molecule has 0 unspecified atom stereocenters. The number of amides is 1. The Hall–Kier alpha value is -2.61. The van der Waals surface area contributed by atoms with Gasteiger partial charge in [0, 0.05) is 5.02 Å². The Balaban J connectivity index is 2.34. The number of benzene rings is 1. The first-order chi connectivity index (χ1) is 9.51. The van der Waals surface area contributed by atoms with Crippen LogP contribution in [0.5, 0.6) is 5.75 Å². The second kappa shape index (κ2) is 5.57. The van der Waals surface area contributed by atoms with Crippen LogP contribution in [0.15, 0.2) is 27.8 Å². The number of H-pyrrole nitrogens is 2. The quantitative estimate of drug-likeness (QED) is 0.756. The van der Waals surface area contributed by atoms with Gasteiger partial charge in [-0.1, -0.05) is 11.6 Å². The number of carbonyl (C=O) groups is 1. The minimum atomic E-state index is -0.896. The van der Waals surface area contributed by atoms with Crippen LogP contribution in [-0.2, 0) is 0 Å². The van der Waals surface area contributed by atoms with Crippen molar-refractivity contribution in [1.82, 2.24) is 15.2 Å². The van der Waals surface area contributed by atoms with E-state index in [0.717, 1.165) is 0 Å². The van der Waals surface area contributed by atoms with Crippen molar-refractivity contribution in [2.24, 2.45) is 0 Å². The molecule has 1 aromatic heterocycles. The summed E-state index contributed by atoms with van der Waals surface area (Å²) in [7, 11) is 1.42. The standard InChI is InChI=1S/C11H9ClN4O4/c1-20-7-3-2-5(12)4-6(7)13-9(17)8-10(18)14-11(19)16-15-8/h2-4H,1H3,(H,13,17)(H2,14,16,18,19). The first kappa shape index (κ1) is 13.8. The smallest absolute Gasteiger partial charge is 0.342 e. The van der Waals surface area contributed by atoms with Crippen molar-refractivity contribution >= 4 is 23.2 Å². The summed E-state index contributed by atoms with van der Waals surface area (Å²) in [4.78, 5) is 36.1. The molecule has 104 valence electrons. The summed E-state index contributed by atoms with van der Waals surface area (Å²) in [6.07, 6.45) is 0. The van der Waals surface area contributed by atoms with E-state index in [4.69, 9.17) is 16.3 Å². The van der Waals surface area contributed by atoms with Crippen LogP contribution in [0.2, 0.25) is 5.02 Å². The monoisotopic (exact) mass is 296 g/mol. The van der Waals surface area contributed by atoms with Crippen molar-refractivity contribution in [3.8, 4) is 5.75 Å². The molecule has 0 atom stereocenters. The molecule has 0 aliphatic rings. The van der Waals surface area contributed by atoms with E-state index in [9.17, 15) is 14.4 Å². The minimum absolute atomic E-state index is 0.275. The Morgan fingerprint density at radius 1 is 1.40 bits per heavy atom. The van der Waals surface area contributed by atoms with E-state index in [1.165, 1.54) is 13.2 Å². The first-order valence-electron chi connectivity index (χ1n) is 5.35. The van der Waals surface area contributed by atoms with E-state index in [0.29, 0.717) is 10.8 Å². The highest BCUT2D eigenvalue weighted by atomic mass is 35.5. The van der Waals surface area contributed by atoms with E-state index in [1.807, 2.05) is 10.1 Å². The number of aromatic nitrogens is 3. The fourth-order valence-electron chi connectivity index (χ4n) is 1.46. The largest absolute Gasteiger partial charge is 0.495 e. The van der Waals surface area contributed by atoms with Crippen LogP contribution in [0.25, 0.3) is 0 Å². The van der Waals surface area contributed by atoms with Gasteiger partial charge in [0.2, 0.25) is 5.69 Å². The van der Waals surface area contributed by atoms with Gasteiger partial charge >= 0.3 is 5.69 Å². The molecule has 0 spiro atoms. The molecule has 3 N–H and O–H groups in total. The lowest BCUT2D eigenvalue weighted by Crippen LogP contribution is -2.32. The van der Waals surface area contributed by atoms with Crippen LogP contribution in [0, 0.1) is 0 Å². The highest BCUT2D eigenvalue weighted by Crippen LogP contribution is 2.27. The van der Waals surface area contributed by atoms with Gasteiger partial charge in [0.25, 0.3) is 11.5 Å². The van der Waals surface area contributed by atoms with E-state index < -0.39 is 22.9 Å². The maximum atomic E-state index is 11.9. The number of hydrogen-bond donors (Lipinski definition) is 3. The predicted molar refractivity (Wildman–Crippen MR) is 71.4 cm³/mol. The average Bonchev–Trinajstić information content (AvgIpc) is 2.38. The Kier molecular flexibility index (Phi) is 3.85. The number of halogens is 1. The van der Waals surface area contributed by atoms with Crippen molar-refractivity contribution < 1.29 is 9.53 Å². The third-order valence-corrected chi connectivity index (χ3v) is 2.57. The van der Waals surface area contributed by atoms with Gasteiger partial charge in [-0.05, 0) is 18.2 Å². The van der Waals surface area contributed by atoms with Crippen LogP contribution in [0.4, 0.5) is 5.69 Å². The molecular formula is C11H9ClN4O4. The topological polar surface area (TPSA) is 117 Å². The molecule has 0 aliphatic carbocycles. The molecule has 2 aromatic rings. The van der Waals surface area contributed by atoms with E-state index in [-0.39, 0.29) is 5.69 Å². The maximum absolute atomic E-state index is 11.9. The van der Waals surface area contributed by atoms with Crippen molar-refractivity contribution in [3.63, 3.8) is 0 Å². The molecule has 0 bridgehead atoms. The second-order valence-electron chi connectivity index (χ2n) is 3.65. The molecule has 8 nitrogen and oxygen atoms in total. The van der Waals surface area contributed by atoms with E-state index in [2.05, 4.69) is 10.4 Å². The Labute approximate surface area is 116 Å². The Bertz CT molecular complexity index is 768. The van der Waals surface area contributed by atoms with Gasteiger partial charge in [-0.15, -0.1) is 0 Å². The van der Waals surface area contributed by atoms with Crippen LogP contribution >= 0.6 is 11.6 Å². The van der Waals surface area contributed by atoms with Gasteiger partial charge in [0.1, 0.15) is 5.75 Å². The fraction of sp³-hybridized carbons (Fsp3) is 0.0909. The molecule has 2 rings (SSSR count). The number of nitrogens with zero attached hydrogens (tertiary/aromatic N) is 1. The molecule has 0 radical (unpaired) electrons. The van der Waals surface area contributed by atoms with Gasteiger partial charge < -0.3 is 10.1 Å². The number of carbonyl (C=O) groups excluding carboxylic acids is 1. The van der Waals surface area contributed by atoms with Crippen molar-refractivity contribution in [2.45, 2.75) is 0 Å². The lowest BCUT2D eigenvalue weighted by atomic mass is 10.3. The van der Waals surface area contributed by atoms with E-state index >= 15 is 0 Å². The summed E-state index contributed by atoms with van der Waals surface area (Å²) in [5, 5.41) is 8.16. The molecule has 1 heterocycles. The molecule has 1 aromatic carbocycles. The molecule has 20 heavy (non-hydrogen) atoms. The Morgan fingerprint density at radius 2 is 2.15 bits per heavy atom. The summed E-state index contributed by atoms with van der Waals surface area (Å²) in [6.45, 7) is 0. The van der Waals surface area contributed by atoms with Gasteiger partial charge in [0.05, 0.1) is 12.8 Å². The van der Waals surface area contributed by atoms with Crippen molar-refractivity contribution in [2.75, 3.05) is 12.4 Å². The summed E-state index contributed by atoms with van der Waals surface area (Å²) < 4.78 is 5.05. The Morgan fingerprint density at radius 3 is 2.80 bits per heavy atom. The SMILES string of the molecule is COc1ccc(Cl)cc1NC(=O)c1n[nH]c(=O)[nH]c1=O. The zero-order valence-corrected chi connectivity index (χ0v) is 10.9. The molecule has 0 saturated heterocycles. The average molecular weight is 297 g/mol. The lowest BCUT2D eigenvalue weighted by molar-refractivity contribution is 0.101. The summed E-state index contributed by atoms with van der Waals surface area (Å²) in [6, 6.07) is 4.60. The lowest BCUT2D eigenvalue weighted by Gasteiger charge is -2.09. The number of aromatic amines is 2. The summed E-state index contributed by atoms with van der Waals surface area (Å²) in [5.74, 6) is -0.438. The van der Waals surface area contributed by atoms with Crippen molar-refractivity contribution in [1.29, 1.82) is 0 Å². The minimum Gasteiger partial charge on any atom is -0.495 e. The highest BCUT2D eigenvalue weighted by Gasteiger charge is 2.15. The highest BCUT2D eigenvalue weighted by molar-refractivity contribution is 6.31. The second-order valence-corrected chi connectivity index (χ2v) is 4.09. The third kappa shape index (κ3) is 2.86.